The molecular weight excluding hydrogens is 343 g/mol. The first-order chi connectivity index (χ1) is 13.1. The molecule has 1 fully saturated rings. The first-order valence-corrected chi connectivity index (χ1v) is 8.98. The van der Waals surface area contributed by atoms with Crippen LogP contribution >= 0.6 is 0 Å². The van der Waals surface area contributed by atoms with Crippen molar-refractivity contribution in [3.05, 3.63) is 78.1 Å². The maximum Gasteiger partial charge on any atom is 0.313 e. The molecule has 1 N–H and O–H groups in total. The molecule has 0 aromatic heterocycles. The third-order valence-electron chi connectivity index (χ3n) is 4.98. The zero-order chi connectivity index (χ0) is 18.8. The summed E-state index contributed by atoms with van der Waals surface area (Å²) in [6.45, 7) is 0.489. The SMILES string of the molecule is O=C(Nc1cccc2ccccc12)C(=O)N1CCC[C@H]1c1cccc(F)c1. The predicted molar refractivity (Wildman–Crippen MR) is 103 cm³/mol. The molecule has 27 heavy (non-hydrogen) atoms. The fraction of sp³-hybridized carbons (Fsp3) is 0.182. The summed E-state index contributed by atoms with van der Waals surface area (Å²) in [6, 6.07) is 19.2. The van der Waals surface area contributed by atoms with E-state index in [4.69, 9.17) is 0 Å². The van der Waals surface area contributed by atoms with Gasteiger partial charge in [-0.25, -0.2) is 4.39 Å². The number of carbonyl (C=O) groups is 2. The molecule has 5 heteroatoms. The lowest BCUT2D eigenvalue weighted by Crippen LogP contribution is -2.39. The number of nitrogens with zero attached hydrogens (tertiary/aromatic N) is 1. The number of amides is 2. The van der Waals surface area contributed by atoms with Gasteiger partial charge in [-0.15, -0.1) is 0 Å². The number of nitrogens with one attached hydrogen (secondary N) is 1. The number of anilines is 1. The van der Waals surface area contributed by atoms with Crippen LogP contribution in [-0.2, 0) is 9.59 Å². The van der Waals surface area contributed by atoms with E-state index in [9.17, 15) is 14.0 Å². The number of fused-ring (bicyclic) bond motifs is 1. The van der Waals surface area contributed by atoms with Crippen molar-refractivity contribution < 1.29 is 14.0 Å². The highest BCUT2D eigenvalue weighted by Crippen LogP contribution is 2.32. The maximum absolute atomic E-state index is 13.6. The number of hydrogen-bond acceptors (Lipinski definition) is 2. The Labute approximate surface area is 156 Å². The van der Waals surface area contributed by atoms with Gasteiger partial charge in [0.15, 0.2) is 0 Å². The van der Waals surface area contributed by atoms with E-state index < -0.39 is 11.8 Å². The second-order valence-electron chi connectivity index (χ2n) is 6.69. The van der Waals surface area contributed by atoms with Crippen LogP contribution in [0.5, 0.6) is 0 Å². The Balaban J connectivity index is 1.55. The summed E-state index contributed by atoms with van der Waals surface area (Å²) in [5.41, 5.74) is 1.33. The van der Waals surface area contributed by atoms with E-state index in [-0.39, 0.29) is 11.9 Å². The van der Waals surface area contributed by atoms with Crippen molar-refractivity contribution >= 4 is 28.3 Å². The molecule has 4 rings (SSSR count). The summed E-state index contributed by atoms with van der Waals surface area (Å²) in [7, 11) is 0. The van der Waals surface area contributed by atoms with Crippen LogP contribution in [0.15, 0.2) is 66.7 Å². The molecule has 3 aromatic rings. The van der Waals surface area contributed by atoms with Gasteiger partial charge in [0.05, 0.1) is 6.04 Å². The molecule has 4 nitrogen and oxygen atoms in total. The molecule has 136 valence electrons. The molecule has 3 aromatic carbocycles. The predicted octanol–water partition coefficient (Wildman–Crippen LogP) is 4.28. The largest absolute Gasteiger partial charge is 0.327 e. The summed E-state index contributed by atoms with van der Waals surface area (Å²) in [4.78, 5) is 26.9. The molecule has 1 aliphatic heterocycles. The van der Waals surface area contributed by atoms with Crippen molar-refractivity contribution in [3.8, 4) is 0 Å². The quantitative estimate of drug-likeness (QED) is 0.692. The average molecular weight is 362 g/mol. The van der Waals surface area contributed by atoms with Gasteiger partial charge in [0.1, 0.15) is 5.82 Å². The van der Waals surface area contributed by atoms with Gasteiger partial charge in [0.25, 0.3) is 0 Å². The molecule has 0 unspecified atom stereocenters. The highest BCUT2D eigenvalue weighted by atomic mass is 19.1. The van der Waals surface area contributed by atoms with E-state index in [1.807, 2.05) is 36.4 Å². The summed E-state index contributed by atoms with van der Waals surface area (Å²) in [5, 5.41) is 4.61. The molecule has 1 heterocycles. The van der Waals surface area contributed by atoms with Gasteiger partial charge in [-0.05, 0) is 42.0 Å². The Hall–Kier alpha value is -3.21. The fourth-order valence-electron chi connectivity index (χ4n) is 3.71. The zero-order valence-electron chi connectivity index (χ0n) is 14.7. The second kappa shape index (κ2) is 7.19. The number of halogens is 1. The van der Waals surface area contributed by atoms with Gasteiger partial charge >= 0.3 is 11.8 Å². The smallest absolute Gasteiger partial charge is 0.313 e. The molecule has 0 aliphatic carbocycles. The van der Waals surface area contributed by atoms with Crippen molar-refractivity contribution in [3.63, 3.8) is 0 Å². The first-order valence-electron chi connectivity index (χ1n) is 8.98. The van der Waals surface area contributed by atoms with Gasteiger partial charge in [-0.1, -0.05) is 48.5 Å². The van der Waals surface area contributed by atoms with Crippen LogP contribution in [0.1, 0.15) is 24.4 Å². The van der Waals surface area contributed by atoms with Gasteiger partial charge < -0.3 is 10.2 Å². The van der Waals surface area contributed by atoms with Crippen LogP contribution in [0.25, 0.3) is 10.8 Å². The van der Waals surface area contributed by atoms with Crippen LogP contribution in [0.3, 0.4) is 0 Å². The van der Waals surface area contributed by atoms with E-state index in [2.05, 4.69) is 5.32 Å². The Bertz CT molecular complexity index is 1010. The van der Waals surface area contributed by atoms with Crippen LogP contribution < -0.4 is 5.32 Å². The Kier molecular flexibility index (Phi) is 4.59. The third-order valence-corrected chi connectivity index (χ3v) is 4.98. The summed E-state index contributed by atoms with van der Waals surface area (Å²) < 4.78 is 13.6. The van der Waals surface area contributed by atoms with Gasteiger partial charge in [0.2, 0.25) is 0 Å². The fourth-order valence-corrected chi connectivity index (χ4v) is 3.71. The van der Waals surface area contributed by atoms with Gasteiger partial charge in [-0.3, -0.25) is 9.59 Å². The molecule has 0 saturated carbocycles. The van der Waals surface area contributed by atoms with Crippen molar-refractivity contribution in [1.29, 1.82) is 0 Å². The summed E-state index contributed by atoms with van der Waals surface area (Å²) in [5.74, 6) is -1.60. The lowest BCUT2D eigenvalue weighted by atomic mass is 10.0. The maximum atomic E-state index is 13.6. The van der Waals surface area contributed by atoms with E-state index in [0.717, 1.165) is 29.2 Å². The third kappa shape index (κ3) is 3.40. The zero-order valence-corrected chi connectivity index (χ0v) is 14.7. The van der Waals surface area contributed by atoms with Gasteiger partial charge in [0, 0.05) is 17.6 Å². The molecule has 1 saturated heterocycles. The topological polar surface area (TPSA) is 49.4 Å². The minimum atomic E-state index is -0.672. The average Bonchev–Trinajstić information content (AvgIpc) is 3.17. The van der Waals surface area contributed by atoms with Crippen molar-refractivity contribution in [2.24, 2.45) is 0 Å². The molecular formula is C22H19FN2O2. The number of carbonyl (C=O) groups excluding carboxylic acids is 2. The molecule has 0 bridgehead atoms. The van der Waals surface area contributed by atoms with E-state index in [1.54, 1.807) is 18.2 Å². The van der Waals surface area contributed by atoms with Crippen LogP contribution in [0.4, 0.5) is 10.1 Å². The summed E-state index contributed by atoms with van der Waals surface area (Å²) in [6.07, 6.45) is 1.51. The number of benzene rings is 3. The van der Waals surface area contributed by atoms with Gasteiger partial charge in [-0.2, -0.15) is 0 Å². The minimum absolute atomic E-state index is 0.272. The molecule has 2 amide bonds. The second-order valence-corrected chi connectivity index (χ2v) is 6.69. The number of rotatable bonds is 2. The molecule has 0 radical (unpaired) electrons. The Morgan fingerprint density at radius 1 is 1.00 bits per heavy atom. The van der Waals surface area contributed by atoms with Crippen LogP contribution in [-0.4, -0.2) is 23.3 Å². The van der Waals surface area contributed by atoms with E-state index >= 15 is 0 Å². The molecule has 0 spiro atoms. The van der Waals surface area contributed by atoms with E-state index in [1.165, 1.54) is 17.0 Å². The Morgan fingerprint density at radius 3 is 2.63 bits per heavy atom. The van der Waals surface area contributed by atoms with Crippen LogP contribution in [0, 0.1) is 5.82 Å². The first kappa shape index (κ1) is 17.2. The molecule has 1 aliphatic rings. The van der Waals surface area contributed by atoms with Crippen LogP contribution in [0.2, 0.25) is 0 Å². The minimum Gasteiger partial charge on any atom is -0.327 e. The van der Waals surface area contributed by atoms with Crippen molar-refractivity contribution in [1.82, 2.24) is 4.90 Å². The molecule has 1 atom stereocenters. The lowest BCUT2D eigenvalue weighted by Gasteiger charge is -2.24. The Morgan fingerprint density at radius 2 is 1.78 bits per heavy atom. The highest BCUT2D eigenvalue weighted by molar-refractivity contribution is 6.40. The monoisotopic (exact) mass is 362 g/mol. The summed E-state index contributed by atoms with van der Waals surface area (Å²) >= 11 is 0. The standard InChI is InChI=1S/C22H19FN2O2/c23-17-9-3-8-16(14-17)20-12-5-13-25(20)22(27)21(26)24-19-11-4-7-15-6-1-2-10-18(15)19/h1-4,6-11,14,20H,5,12-13H2,(H,24,26)/t20-/m0/s1. The highest BCUT2D eigenvalue weighted by Gasteiger charge is 2.33. The number of hydrogen-bond donors (Lipinski definition) is 1. The lowest BCUT2D eigenvalue weighted by molar-refractivity contribution is -0.143. The normalized spacial score (nSPS) is 16.5. The van der Waals surface area contributed by atoms with Crippen molar-refractivity contribution in [2.45, 2.75) is 18.9 Å². The number of likely N-dealkylation sites (tertiary alicyclic amines) is 1. The van der Waals surface area contributed by atoms with E-state index in [0.29, 0.717) is 12.2 Å². The van der Waals surface area contributed by atoms with Crippen molar-refractivity contribution in [2.75, 3.05) is 11.9 Å².